The van der Waals surface area contributed by atoms with Crippen LogP contribution in [0.15, 0.2) is 78.4 Å². The van der Waals surface area contributed by atoms with Crippen molar-refractivity contribution in [3.8, 4) is 0 Å². The first-order valence-electron chi connectivity index (χ1n) is 24.7. The molecule has 384 valence electrons. The van der Waals surface area contributed by atoms with Crippen molar-refractivity contribution in [2.45, 2.75) is 189 Å². The number of benzene rings is 2. The zero-order chi connectivity index (χ0) is 51.0. The van der Waals surface area contributed by atoms with Crippen molar-refractivity contribution in [3.05, 3.63) is 94.9 Å². The van der Waals surface area contributed by atoms with Gasteiger partial charge in [0.05, 0.1) is 42.7 Å². The maximum absolute atomic E-state index is 14.4. The van der Waals surface area contributed by atoms with Gasteiger partial charge in [0.2, 0.25) is 0 Å². The van der Waals surface area contributed by atoms with Crippen LogP contribution in [0, 0.1) is 33.0 Å². The van der Waals surface area contributed by atoms with Crippen LogP contribution in [0.2, 0.25) is 0 Å². The van der Waals surface area contributed by atoms with Gasteiger partial charge in [-0.15, -0.1) is 6.58 Å². The van der Waals surface area contributed by atoms with Gasteiger partial charge >= 0.3 is 17.9 Å². The summed E-state index contributed by atoms with van der Waals surface area (Å²) < 4.78 is 67.7. The summed E-state index contributed by atoms with van der Waals surface area (Å²) in [5, 5.41) is 4.27. The Morgan fingerprint density at radius 1 is 0.729 bits per heavy atom. The molecule has 14 atom stereocenters. The van der Waals surface area contributed by atoms with Crippen LogP contribution in [0.3, 0.4) is 0 Å². The van der Waals surface area contributed by atoms with Gasteiger partial charge < -0.3 is 47.4 Å². The number of fused-ring (bicyclic) bond motifs is 4. The number of hydrogen-bond donors (Lipinski definition) is 0. The third kappa shape index (κ3) is 10.7. The molecular weight excluding hydrogens is 899 g/mol. The van der Waals surface area contributed by atoms with Crippen molar-refractivity contribution in [2.24, 2.45) is 38.1 Å². The molecule has 16 nitrogen and oxygen atoms in total. The Morgan fingerprint density at radius 3 is 1.71 bits per heavy atom. The monoisotopic (exact) mass is 974 g/mol. The zero-order valence-corrected chi connectivity index (χ0v) is 43.1. The molecule has 1 unspecified atom stereocenters. The SMILES string of the molecule is C=CCO[C@H]1[C@H](OCc2ccccc2)[C@@H](N=[N+]=[N-])[C@@H](O[C@@H]2[C@@H](OC(=O)C(C)(C)C)[C@H](OC(=O)C(C)(C)C)[C@H]3OC4(C[C@H]5CC[C@]4(C)C5(C)C)O[C@H]3[C@H]2OC(=O)C(C)(C)C)O[C@@H]1COCc1ccccc1. The van der Waals surface area contributed by atoms with Gasteiger partial charge in [-0.1, -0.05) is 92.6 Å². The molecule has 0 N–H and O–H groups in total. The smallest absolute Gasteiger partial charge is 0.311 e. The third-order valence-electron chi connectivity index (χ3n) is 15.1. The Kier molecular flexibility index (Phi) is 15.7. The molecule has 1 spiro atoms. The fourth-order valence-corrected chi connectivity index (χ4v) is 10.5. The van der Waals surface area contributed by atoms with Crippen LogP contribution in [-0.4, -0.2) is 104 Å². The first kappa shape index (κ1) is 53.4. The second kappa shape index (κ2) is 20.6. The normalized spacial score (nSPS) is 34.6. The summed E-state index contributed by atoms with van der Waals surface area (Å²) in [5.41, 5.74) is 8.19. The van der Waals surface area contributed by atoms with Crippen LogP contribution in [0.5, 0.6) is 0 Å². The fraction of sp³-hybridized carbons (Fsp3) is 0.685. The quantitative estimate of drug-likeness (QED) is 0.0386. The summed E-state index contributed by atoms with van der Waals surface area (Å²) in [6, 6.07) is 17.8. The topological polar surface area (TPSA) is 192 Å². The number of nitrogens with zero attached hydrogens (tertiary/aromatic N) is 3. The van der Waals surface area contributed by atoms with E-state index in [2.05, 4.69) is 37.4 Å². The first-order chi connectivity index (χ1) is 32.8. The second-order valence-corrected chi connectivity index (χ2v) is 23.5. The van der Waals surface area contributed by atoms with Gasteiger partial charge in [-0.25, -0.2) is 0 Å². The van der Waals surface area contributed by atoms with Gasteiger partial charge in [-0.05, 0) is 103 Å². The van der Waals surface area contributed by atoms with E-state index < -0.39 is 113 Å². The molecule has 5 aliphatic rings. The van der Waals surface area contributed by atoms with E-state index in [-0.39, 0.29) is 37.8 Å². The molecule has 5 fully saturated rings. The summed E-state index contributed by atoms with van der Waals surface area (Å²) in [5.74, 6) is -2.84. The van der Waals surface area contributed by atoms with Gasteiger partial charge in [-0.3, -0.25) is 14.4 Å². The van der Waals surface area contributed by atoms with E-state index in [0.29, 0.717) is 6.42 Å². The number of carbonyl (C=O) groups excluding carboxylic acids is 3. The second-order valence-electron chi connectivity index (χ2n) is 23.5. The number of ether oxygens (including phenoxy) is 10. The highest BCUT2D eigenvalue weighted by atomic mass is 16.8. The molecule has 2 bridgehead atoms. The van der Waals surface area contributed by atoms with E-state index in [1.807, 2.05) is 60.7 Å². The summed E-state index contributed by atoms with van der Waals surface area (Å²) in [4.78, 5) is 46.3. The molecule has 7 rings (SSSR count). The summed E-state index contributed by atoms with van der Waals surface area (Å²) >= 11 is 0. The minimum Gasteiger partial charge on any atom is -0.456 e. The Hall–Kier alpha value is -4.38. The molecule has 2 aromatic rings. The van der Waals surface area contributed by atoms with E-state index in [1.165, 1.54) is 0 Å². The van der Waals surface area contributed by atoms with Crippen LogP contribution in [0.4, 0.5) is 0 Å². The van der Waals surface area contributed by atoms with Gasteiger partial charge in [0.25, 0.3) is 0 Å². The molecule has 3 aliphatic carbocycles. The van der Waals surface area contributed by atoms with E-state index >= 15 is 0 Å². The highest BCUT2D eigenvalue weighted by molar-refractivity contribution is 5.77. The summed E-state index contributed by atoms with van der Waals surface area (Å²) in [6.45, 7) is 26.3. The zero-order valence-electron chi connectivity index (χ0n) is 43.1. The lowest BCUT2D eigenvalue weighted by Gasteiger charge is -2.50. The van der Waals surface area contributed by atoms with Gasteiger partial charge in [0.1, 0.15) is 42.7 Å². The molecule has 16 heteroatoms. The van der Waals surface area contributed by atoms with E-state index in [0.717, 1.165) is 24.0 Å². The minimum atomic E-state index is -1.51. The largest absolute Gasteiger partial charge is 0.456 e. The summed E-state index contributed by atoms with van der Waals surface area (Å²) in [6.07, 6.45) is -8.44. The van der Waals surface area contributed by atoms with E-state index in [9.17, 15) is 19.9 Å². The molecule has 0 aromatic heterocycles. The van der Waals surface area contributed by atoms with Crippen molar-refractivity contribution >= 4 is 17.9 Å². The van der Waals surface area contributed by atoms with Crippen molar-refractivity contribution in [1.29, 1.82) is 0 Å². The Morgan fingerprint density at radius 2 is 1.24 bits per heavy atom. The lowest BCUT2D eigenvalue weighted by Crippen LogP contribution is -2.69. The molecule has 0 radical (unpaired) electrons. The predicted octanol–water partition coefficient (Wildman–Crippen LogP) is 9.36. The van der Waals surface area contributed by atoms with Crippen LogP contribution in [0.25, 0.3) is 10.4 Å². The fourth-order valence-electron chi connectivity index (χ4n) is 10.5. The summed E-state index contributed by atoms with van der Waals surface area (Å²) in [7, 11) is 0. The Bertz CT molecular complexity index is 2220. The van der Waals surface area contributed by atoms with E-state index in [1.54, 1.807) is 68.4 Å². The molecule has 3 saturated carbocycles. The lowest BCUT2D eigenvalue weighted by atomic mass is 9.68. The number of azide groups is 1. The van der Waals surface area contributed by atoms with Crippen LogP contribution < -0.4 is 0 Å². The highest BCUT2D eigenvalue weighted by Crippen LogP contribution is 2.73. The molecule has 70 heavy (non-hydrogen) atoms. The number of esters is 3. The van der Waals surface area contributed by atoms with Gasteiger partial charge in [0, 0.05) is 16.7 Å². The lowest BCUT2D eigenvalue weighted by molar-refractivity contribution is -0.323. The van der Waals surface area contributed by atoms with Crippen molar-refractivity contribution in [2.75, 3.05) is 13.2 Å². The number of rotatable bonds is 16. The molecule has 2 aliphatic heterocycles. The Labute approximate surface area is 413 Å². The maximum Gasteiger partial charge on any atom is 0.311 e. The molecule has 2 aromatic carbocycles. The van der Waals surface area contributed by atoms with Gasteiger partial charge in [-0.2, -0.15) is 0 Å². The molecule has 2 saturated heterocycles. The Balaban J connectivity index is 1.38. The van der Waals surface area contributed by atoms with Crippen molar-refractivity contribution in [3.63, 3.8) is 0 Å². The highest BCUT2D eigenvalue weighted by Gasteiger charge is 2.77. The van der Waals surface area contributed by atoms with Crippen LogP contribution in [-0.2, 0) is 75.0 Å². The molecule has 2 heterocycles. The first-order valence-corrected chi connectivity index (χ1v) is 24.7. The maximum atomic E-state index is 14.4. The van der Waals surface area contributed by atoms with Crippen molar-refractivity contribution < 1.29 is 61.8 Å². The predicted molar refractivity (Wildman–Crippen MR) is 257 cm³/mol. The van der Waals surface area contributed by atoms with Crippen molar-refractivity contribution in [1.82, 2.24) is 0 Å². The average Bonchev–Trinajstić information content (AvgIpc) is 3.84. The van der Waals surface area contributed by atoms with Crippen LogP contribution >= 0.6 is 0 Å². The number of carbonyl (C=O) groups is 3. The molecule has 0 amide bonds. The number of hydrogen-bond acceptors (Lipinski definition) is 14. The average molecular weight is 974 g/mol. The van der Waals surface area contributed by atoms with Gasteiger partial charge in [0.15, 0.2) is 30.4 Å². The third-order valence-corrected chi connectivity index (χ3v) is 15.1. The van der Waals surface area contributed by atoms with Crippen LogP contribution in [0.1, 0.15) is 113 Å². The minimum absolute atomic E-state index is 0.0359. The standard InChI is InChI=1S/C54H75N3O13/c1-14-27-62-37-35(31-61-29-32-21-17-15-18-22-32)64-45(36(56-57-55)38(37)63-30-33-23-19-16-20-24-33)65-39-40(66-46(58)49(2,3)4)42(68-48(60)51(8,9)10)44-43(41(39)67-47(59)50(5,6)7)69-54(70-44)28-34-25-26-53(54,13)52(34,11)12/h14-24,34-45H,1,25-31H2,2-13H3/t34-,35-,36-,37-,38-,39-,40-,41+,42+,43+,44-,45-,53-,54?/m1/s1. The van der Waals surface area contributed by atoms with E-state index in [4.69, 9.17) is 47.4 Å². The molecular formula is C54H75N3O13.